The summed E-state index contributed by atoms with van der Waals surface area (Å²) in [6.45, 7) is 1.24. The molecule has 0 aliphatic heterocycles. The normalized spacial score (nSPS) is 15.4. The molecule has 7 nitrogen and oxygen atoms in total. The number of benzene rings is 2. The number of hydrogen-bond acceptors (Lipinski definition) is 4. The minimum absolute atomic E-state index is 0.0508. The van der Waals surface area contributed by atoms with Gasteiger partial charge >= 0.3 is 0 Å². The van der Waals surface area contributed by atoms with Crippen LogP contribution in [-0.4, -0.2) is 50.0 Å². The van der Waals surface area contributed by atoms with Crippen LogP contribution in [0.3, 0.4) is 0 Å². The van der Waals surface area contributed by atoms with E-state index in [-0.39, 0.29) is 24.2 Å². The van der Waals surface area contributed by atoms with E-state index in [1.807, 2.05) is 30.3 Å². The highest BCUT2D eigenvalue weighted by Gasteiger charge is 2.31. The summed E-state index contributed by atoms with van der Waals surface area (Å²) >= 11 is 0. The largest absolute Gasteiger partial charge is 0.352 e. The van der Waals surface area contributed by atoms with Gasteiger partial charge in [-0.15, -0.1) is 0 Å². The van der Waals surface area contributed by atoms with Crippen molar-refractivity contribution in [3.8, 4) is 0 Å². The van der Waals surface area contributed by atoms with E-state index in [4.69, 9.17) is 0 Å². The zero-order valence-electron chi connectivity index (χ0n) is 19.6. The summed E-state index contributed by atoms with van der Waals surface area (Å²) in [5.41, 5.74) is 0.861. The SMILES string of the molecule is CC(C(=O)NC1CCCCC1)N(Cc1ccccc1)C(=O)CN(c1cccc(F)c1)S(C)(=O)=O. The van der Waals surface area contributed by atoms with Crippen molar-refractivity contribution < 1.29 is 22.4 Å². The van der Waals surface area contributed by atoms with Crippen molar-refractivity contribution in [1.82, 2.24) is 10.2 Å². The van der Waals surface area contributed by atoms with Gasteiger partial charge in [-0.05, 0) is 43.5 Å². The second-order valence-electron chi connectivity index (χ2n) is 8.78. The van der Waals surface area contributed by atoms with Crippen LogP contribution in [0.25, 0.3) is 0 Å². The van der Waals surface area contributed by atoms with Gasteiger partial charge in [0.2, 0.25) is 21.8 Å². The van der Waals surface area contributed by atoms with Crippen LogP contribution in [0.4, 0.5) is 10.1 Å². The van der Waals surface area contributed by atoms with Crippen molar-refractivity contribution in [3.05, 3.63) is 66.0 Å². The first-order valence-corrected chi connectivity index (χ1v) is 13.4. The molecule has 0 saturated heterocycles. The molecule has 1 N–H and O–H groups in total. The highest BCUT2D eigenvalue weighted by Crippen LogP contribution is 2.21. The Balaban J connectivity index is 1.84. The molecule has 1 aliphatic carbocycles. The van der Waals surface area contributed by atoms with Gasteiger partial charge in [-0.2, -0.15) is 0 Å². The van der Waals surface area contributed by atoms with Crippen LogP contribution in [0, 0.1) is 5.82 Å². The molecule has 0 spiro atoms. The Morgan fingerprint density at radius 1 is 1.06 bits per heavy atom. The monoisotopic (exact) mass is 489 g/mol. The predicted octanol–water partition coefficient (Wildman–Crippen LogP) is 3.46. The standard InChI is InChI=1S/C25H32FN3O4S/c1-19(25(31)27-22-13-7-4-8-14-22)28(17-20-10-5-3-6-11-20)24(30)18-29(34(2,32)33)23-15-9-12-21(26)16-23/h3,5-6,9-12,15-16,19,22H,4,7-8,13-14,17-18H2,1-2H3,(H,27,31). The van der Waals surface area contributed by atoms with E-state index in [0.29, 0.717) is 0 Å². The first kappa shape index (κ1) is 25.7. The summed E-state index contributed by atoms with van der Waals surface area (Å²) in [7, 11) is -3.89. The number of nitrogens with one attached hydrogen (secondary N) is 1. The van der Waals surface area contributed by atoms with E-state index < -0.39 is 34.3 Å². The molecule has 1 saturated carbocycles. The Hall–Kier alpha value is -2.94. The molecule has 9 heteroatoms. The van der Waals surface area contributed by atoms with Crippen LogP contribution >= 0.6 is 0 Å². The lowest BCUT2D eigenvalue weighted by molar-refractivity contribution is -0.139. The number of halogens is 1. The molecule has 1 unspecified atom stereocenters. The van der Waals surface area contributed by atoms with Gasteiger partial charge in [-0.1, -0.05) is 55.7 Å². The lowest BCUT2D eigenvalue weighted by Crippen LogP contribution is -2.52. The van der Waals surface area contributed by atoms with Gasteiger partial charge in [0.15, 0.2) is 0 Å². The smallest absolute Gasteiger partial charge is 0.244 e. The maximum Gasteiger partial charge on any atom is 0.244 e. The molecule has 2 amide bonds. The van der Waals surface area contributed by atoms with E-state index in [2.05, 4.69) is 5.32 Å². The van der Waals surface area contributed by atoms with Gasteiger partial charge in [-0.25, -0.2) is 12.8 Å². The molecule has 2 aromatic carbocycles. The fourth-order valence-corrected chi connectivity index (χ4v) is 5.02. The summed E-state index contributed by atoms with van der Waals surface area (Å²) < 4.78 is 39.6. The zero-order valence-corrected chi connectivity index (χ0v) is 20.4. The molecular formula is C25H32FN3O4S. The number of hydrogen-bond donors (Lipinski definition) is 1. The maximum absolute atomic E-state index is 13.8. The molecule has 0 radical (unpaired) electrons. The number of carbonyl (C=O) groups is 2. The Bertz CT molecular complexity index is 1090. The third-order valence-corrected chi connectivity index (χ3v) is 7.23. The second-order valence-corrected chi connectivity index (χ2v) is 10.7. The van der Waals surface area contributed by atoms with Gasteiger partial charge < -0.3 is 10.2 Å². The molecule has 0 heterocycles. The second kappa shape index (κ2) is 11.5. The number of amides is 2. The van der Waals surface area contributed by atoms with Crippen molar-refractivity contribution in [2.75, 3.05) is 17.1 Å². The van der Waals surface area contributed by atoms with Crippen LogP contribution in [0.1, 0.15) is 44.6 Å². The lowest BCUT2D eigenvalue weighted by Gasteiger charge is -2.33. The van der Waals surface area contributed by atoms with Crippen LogP contribution < -0.4 is 9.62 Å². The molecule has 34 heavy (non-hydrogen) atoms. The number of carbonyl (C=O) groups excluding carboxylic acids is 2. The molecule has 1 fully saturated rings. The molecule has 1 atom stereocenters. The molecule has 184 valence electrons. The quantitative estimate of drug-likeness (QED) is 0.585. The lowest BCUT2D eigenvalue weighted by atomic mass is 9.95. The van der Waals surface area contributed by atoms with Crippen molar-refractivity contribution in [3.63, 3.8) is 0 Å². The fraction of sp³-hybridized carbons (Fsp3) is 0.440. The molecule has 3 rings (SSSR count). The van der Waals surface area contributed by atoms with Crippen molar-refractivity contribution in [1.29, 1.82) is 0 Å². The van der Waals surface area contributed by atoms with Crippen molar-refractivity contribution >= 4 is 27.5 Å². The number of rotatable bonds is 9. The van der Waals surface area contributed by atoms with Crippen LogP contribution in [0.5, 0.6) is 0 Å². The van der Waals surface area contributed by atoms with E-state index >= 15 is 0 Å². The van der Waals surface area contributed by atoms with Crippen LogP contribution in [0.15, 0.2) is 54.6 Å². The Labute approximate surface area is 201 Å². The van der Waals surface area contributed by atoms with Crippen molar-refractivity contribution in [2.24, 2.45) is 0 Å². The zero-order chi connectivity index (χ0) is 24.7. The van der Waals surface area contributed by atoms with Crippen molar-refractivity contribution in [2.45, 2.75) is 57.7 Å². The molecule has 1 aliphatic rings. The van der Waals surface area contributed by atoms with Gasteiger partial charge in [0, 0.05) is 12.6 Å². The van der Waals surface area contributed by atoms with E-state index in [0.717, 1.165) is 54.3 Å². The number of nitrogens with zero attached hydrogens (tertiary/aromatic N) is 2. The average molecular weight is 490 g/mol. The Kier molecular flexibility index (Phi) is 8.66. The Morgan fingerprint density at radius 3 is 2.35 bits per heavy atom. The van der Waals surface area contributed by atoms with Gasteiger partial charge in [0.1, 0.15) is 18.4 Å². The summed E-state index contributed by atoms with van der Waals surface area (Å²) in [6, 6.07) is 13.5. The van der Waals surface area contributed by atoms with Gasteiger partial charge in [-0.3, -0.25) is 13.9 Å². The fourth-order valence-electron chi connectivity index (χ4n) is 4.18. The molecular weight excluding hydrogens is 457 g/mol. The first-order chi connectivity index (χ1) is 16.1. The molecule has 0 bridgehead atoms. The van der Waals surface area contributed by atoms with Crippen LogP contribution in [-0.2, 0) is 26.2 Å². The summed E-state index contributed by atoms with van der Waals surface area (Å²) in [4.78, 5) is 27.9. The van der Waals surface area contributed by atoms with Crippen LogP contribution in [0.2, 0.25) is 0 Å². The van der Waals surface area contributed by atoms with Gasteiger partial charge in [0.05, 0.1) is 11.9 Å². The third kappa shape index (κ3) is 7.03. The van der Waals surface area contributed by atoms with E-state index in [1.165, 1.54) is 23.1 Å². The molecule has 0 aromatic heterocycles. The summed E-state index contributed by atoms with van der Waals surface area (Å²) in [6.07, 6.45) is 6.05. The summed E-state index contributed by atoms with van der Waals surface area (Å²) in [5, 5.41) is 3.05. The topological polar surface area (TPSA) is 86.8 Å². The molecule has 2 aromatic rings. The summed E-state index contributed by atoms with van der Waals surface area (Å²) in [5.74, 6) is -1.43. The number of sulfonamides is 1. The average Bonchev–Trinajstić information content (AvgIpc) is 2.81. The highest BCUT2D eigenvalue weighted by molar-refractivity contribution is 7.92. The Morgan fingerprint density at radius 2 is 1.74 bits per heavy atom. The van der Waals surface area contributed by atoms with E-state index in [9.17, 15) is 22.4 Å². The van der Waals surface area contributed by atoms with Gasteiger partial charge in [0.25, 0.3) is 0 Å². The third-order valence-electron chi connectivity index (χ3n) is 6.09. The van der Waals surface area contributed by atoms with E-state index in [1.54, 1.807) is 6.92 Å². The highest BCUT2D eigenvalue weighted by atomic mass is 32.2. The maximum atomic E-state index is 13.8. The predicted molar refractivity (Wildman–Crippen MR) is 130 cm³/mol. The first-order valence-electron chi connectivity index (χ1n) is 11.5. The minimum atomic E-state index is -3.89. The number of anilines is 1. The minimum Gasteiger partial charge on any atom is -0.352 e.